The lowest BCUT2D eigenvalue weighted by atomic mass is 9.84. The molecular formula is C30H34N6. The van der Waals surface area contributed by atoms with Crippen LogP contribution in [-0.4, -0.2) is 41.0 Å². The summed E-state index contributed by atoms with van der Waals surface area (Å²) >= 11 is 0. The number of H-pyrrole nitrogens is 1. The van der Waals surface area contributed by atoms with Crippen LogP contribution in [0.25, 0.3) is 11.0 Å². The molecule has 0 radical (unpaired) electrons. The molecule has 2 fully saturated rings. The van der Waals surface area contributed by atoms with Crippen molar-refractivity contribution in [2.75, 3.05) is 13.1 Å². The van der Waals surface area contributed by atoms with E-state index < -0.39 is 0 Å². The normalized spacial score (nSPS) is 27.7. The minimum atomic E-state index is -0.191. The first-order chi connectivity index (χ1) is 17.5. The van der Waals surface area contributed by atoms with Gasteiger partial charge >= 0.3 is 0 Å². The average molecular weight is 479 g/mol. The van der Waals surface area contributed by atoms with Crippen molar-refractivity contribution in [2.45, 2.75) is 63.2 Å². The number of benzene rings is 2. The monoisotopic (exact) mass is 478 g/mol. The first-order valence-electron chi connectivity index (χ1n) is 13.2. The highest BCUT2D eigenvalue weighted by atomic mass is 15.2. The van der Waals surface area contributed by atoms with E-state index in [4.69, 9.17) is 9.98 Å². The number of nitrogens with one attached hydrogen (secondary N) is 4. The smallest absolute Gasteiger partial charge is 0.128 e. The highest BCUT2D eigenvalue weighted by Crippen LogP contribution is 2.34. The zero-order chi connectivity index (χ0) is 24.7. The van der Waals surface area contributed by atoms with Gasteiger partial charge in [0, 0.05) is 11.1 Å². The molecule has 0 saturated carbocycles. The van der Waals surface area contributed by atoms with Crippen molar-refractivity contribution < 1.29 is 0 Å². The lowest BCUT2D eigenvalue weighted by Crippen LogP contribution is -2.48. The van der Waals surface area contributed by atoms with E-state index in [0.29, 0.717) is 6.04 Å². The van der Waals surface area contributed by atoms with Gasteiger partial charge in [0.1, 0.15) is 11.7 Å². The van der Waals surface area contributed by atoms with Crippen molar-refractivity contribution in [3.63, 3.8) is 0 Å². The summed E-state index contributed by atoms with van der Waals surface area (Å²) in [7, 11) is 0. The molecule has 4 heterocycles. The summed E-state index contributed by atoms with van der Waals surface area (Å²) in [5.41, 5.74) is 6.18. The van der Waals surface area contributed by atoms with Crippen LogP contribution in [0.2, 0.25) is 0 Å². The number of rotatable bonds is 4. The molecule has 1 aromatic heterocycles. The van der Waals surface area contributed by atoms with E-state index >= 15 is 0 Å². The van der Waals surface area contributed by atoms with Crippen LogP contribution in [0, 0.1) is 11.8 Å². The van der Waals surface area contributed by atoms with Gasteiger partial charge in [0.2, 0.25) is 0 Å². The average Bonchev–Trinajstić information content (AvgIpc) is 3.68. The first kappa shape index (κ1) is 23.0. The molecule has 3 aromatic rings. The molecule has 4 N–H and O–H groups in total. The number of aliphatic imine (C=N–C) groups is 1. The largest absolute Gasteiger partial charge is 0.361 e. The Hall–Kier alpha value is -3.40. The molecule has 2 saturated heterocycles. The second-order valence-electron chi connectivity index (χ2n) is 10.4. The number of hydrogen-bond donors (Lipinski definition) is 4. The molecule has 4 atom stereocenters. The Bertz CT molecular complexity index is 1380. The lowest BCUT2D eigenvalue weighted by molar-refractivity contribution is 0.368. The molecule has 0 bridgehead atoms. The van der Waals surface area contributed by atoms with Gasteiger partial charge in [-0.25, -0.2) is 4.98 Å². The summed E-state index contributed by atoms with van der Waals surface area (Å²) in [6.45, 7) is 10.7. The number of aromatic nitrogens is 2. The Morgan fingerprint density at radius 2 is 1.86 bits per heavy atom. The quantitative estimate of drug-likeness (QED) is 0.333. The van der Waals surface area contributed by atoms with E-state index in [1.54, 1.807) is 0 Å². The van der Waals surface area contributed by atoms with E-state index in [9.17, 15) is 0 Å². The van der Waals surface area contributed by atoms with Crippen LogP contribution in [0.5, 0.6) is 0 Å². The lowest BCUT2D eigenvalue weighted by Gasteiger charge is -2.32. The highest BCUT2D eigenvalue weighted by molar-refractivity contribution is 5.90. The molecule has 0 aliphatic carbocycles. The van der Waals surface area contributed by atoms with Crippen LogP contribution >= 0.6 is 0 Å². The zero-order valence-corrected chi connectivity index (χ0v) is 21.1. The number of aromatic amines is 1. The van der Waals surface area contributed by atoms with Gasteiger partial charge in [-0.3, -0.25) is 4.99 Å². The van der Waals surface area contributed by atoms with E-state index in [0.717, 1.165) is 66.2 Å². The molecule has 4 unspecified atom stereocenters. The fraction of sp³-hybridized carbons (Fsp3) is 0.400. The molecule has 2 aromatic carbocycles. The third-order valence-corrected chi connectivity index (χ3v) is 7.94. The van der Waals surface area contributed by atoms with Crippen LogP contribution in [0.1, 0.15) is 68.1 Å². The van der Waals surface area contributed by atoms with Gasteiger partial charge in [-0.05, 0) is 81.6 Å². The molecule has 6 nitrogen and oxygen atoms in total. The summed E-state index contributed by atoms with van der Waals surface area (Å²) in [6.07, 6.45) is 4.38. The number of amidine groups is 1. The van der Waals surface area contributed by atoms with Crippen molar-refractivity contribution in [2.24, 2.45) is 4.99 Å². The van der Waals surface area contributed by atoms with Crippen molar-refractivity contribution in [3.05, 3.63) is 77.1 Å². The predicted octanol–water partition coefficient (Wildman–Crippen LogP) is 4.30. The highest BCUT2D eigenvalue weighted by Gasteiger charge is 2.42. The van der Waals surface area contributed by atoms with Gasteiger partial charge < -0.3 is 20.9 Å². The van der Waals surface area contributed by atoms with E-state index in [2.05, 4.69) is 83.5 Å². The Labute approximate surface area is 213 Å². The van der Waals surface area contributed by atoms with Gasteiger partial charge in [-0.1, -0.05) is 43.0 Å². The summed E-state index contributed by atoms with van der Waals surface area (Å²) in [5.74, 6) is 8.71. The van der Waals surface area contributed by atoms with Crippen molar-refractivity contribution in [1.29, 1.82) is 0 Å². The standard InChI is InChI=1S/C30H34N6/c1-4-26-30(3,36-28(35-26)24-6-5-16-31-24)22-12-9-20(10-13-22)7-8-21-11-14-23-25(18-21)34-29(33-23)27-19(2)15-17-32-27/h9-14,18,24,26-27,31-32H,2,4-6,15-17H2,1,3H3,(H,33,34)(H,35,36). The first-order valence-corrected chi connectivity index (χ1v) is 13.2. The molecule has 3 aliphatic heterocycles. The molecule has 36 heavy (non-hydrogen) atoms. The molecule has 6 heteroatoms. The zero-order valence-electron chi connectivity index (χ0n) is 21.1. The van der Waals surface area contributed by atoms with Gasteiger partial charge in [0.05, 0.1) is 34.7 Å². The minimum absolute atomic E-state index is 0.116. The van der Waals surface area contributed by atoms with Crippen LogP contribution in [-0.2, 0) is 5.54 Å². The maximum absolute atomic E-state index is 5.07. The Morgan fingerprint density at radius 1 is 1.06 bits per heavy atom. The van der Waals surface area contributed by atoms with Crippen LogP contribution in [0.4, 0.5) is 0 Å². The third-order valence-electron chi connectivity index (χ3n) is 7.94. The maximum atomic E-state index is 5.07. The number of fused-ring (bicyclic) bond motifs is 1. The summed E-state index contributed by atoms with van der Waals surface area (Å²) < 4.78 is 0. The van der Waals surface area contributed by atoms with Gasteiger partial charge in [-0.2, -0.15) is 0 Å². The summed E-state index contributed by atoms with van der Waals surface area (Å²) in [6, 6.07) is 15.5. The molecule has 3 aliphatic rings. The fourth-order valence-corrected chi connectivity index (χ4v) is 5.78. The van der Waals surface area contributed by atoms with Crippen LogP contribution in [0.15, 0.2) is 59.6 Å². The summed E-state index contributed by atoms with van der Waals surface area (Å²) in [4.78, 5) is 13.3. The Kier molecular flexibility index (Phi) is 5.91. The second-order valence-corrected chi connectivity index (χ2v) is 10.4. The number of hydrogen-bond acceptors (Lipinski definition) is 5. The van der Waals surface area contributed by atoms with Gasteiger partial charge in [0.25, 0.3) is 0 Å². The third kappa shape index (κ3) is 4.13. The SMILES string of the molecule is C=C1CCNC1c1nc2ccc(C#Cc3ccc(C4(C)NC(C5CCCN5)=NC4CC)cc3)cc2[nH]1. The molecule has 6 rings (SSSR count). The van der Waals surface area contributed by atoms with E-state index in [1.165, 1.54) is 17.6 Å². The van der Waals surface area contributed by atoms with Crippen molar-refractivity contribution >= 4 is 16.9 Å². The molecule has 184 valence electrons. The van der Waals surface area contributed by atoms with Crippen LogP contribution in [0.3, 0.4) is 0 Å². The Morgan fingerprint density at radius 3 is 2.58 bits per heavy atom. The van der Waals surface area contributed by atoms with E-state index in [-0.39, 0.29) is 17.6 Å². The van der Waals surface area contributed by atoms with Gasteiger partial charge in [0.15, 0.2) is 0 Å². The second kappa shape index (κ2) is 9.24. The molecular weight excluding hydrogens is 444 g/mol. The maximum Gasteiger partial charge on any atom is 0.128 e. The van der Waals surface area contributed by atoms with Crippen molar-refractivity contribution in [3.8, 4) is 11.8 Å². The summed E-state index contributed by atoms with van der Waals surface area (Å²) in [5, 5.41) is 10.8. The van der Waals surface area contributed by atoms with Crippen LogP contribution < -0.4 is 16.0 Å². The Balaban J connectivity index is 1.19. The molecule has 0 amide bonds. The van der Waals surface area contributed by atoms with Gasteiger partial charge in [-0.15, -0.1) is 0 Å². The molecule has 0 spiro atoms. The fourth-order valence-electron chi connectivity index (χ4n) is 5.78. The van der Waals surface area contributed by atoms with Crippen molar-refractivity contribution in [1.82, 2.24) is 25.9 Å². The number of imidazole rings is 1. The number of nitrogens with zero attached hydrogens (tertiary/aromatic N) is 2. The van der Waals surface area contributed by atoms with E-state index in [1.807, 2.05) is 12.1 Å². The predicted molar refractivity (Wildman–Crippen MR) is 146 cm³/mol. The minimum Gasteiger partial charge on any atom is -0.361 e. The topological polar surface area (TPSA) is 77.1 Å².